The van der Waals surface area contributed by atoms with Gasteiger partial charge in [0, 0.05) is 45.2 Å². The summed E-state index contributed by atoms with van der Waals surface area (Å²) in [5.74, 6) is 1.21. The van der Waals surface area contributed by atoms with Crippen molar-refractivity contribution in [3.8, 4) is 5.69 Å². The number of para-hydroxylation sites is 1. The van der Waals surface area contributed by atoms with Gasteiger partial charge in [0.05, 0.1) is 11.3 Å². The number of hydrogen-bond acceptors (Lipinski definition) is 7. The van der Waals surface area contributed by atoms with Crippen molar-refractivity contribution in [2.75, 3.05) is 32.7 Å². The van der Waals surface area contributed by atoms with Gasteiger partial charge in [-0.3, -0.25) is 4.90 Å². The smallest absolute Gasteiger partial charge is 0.143 e. The maximum atomic E-state index is 11.4. The van der Waals surface area contributed by atoms with Gasteiger partial charge in [-0.2, -0.15) is 11.3 Å². The van der Waals surface area contributed by atoms with E-state index in [1.165, 1.54) is 16.7 Å². The fourth-order valence-corrected chi connectivity index (χ4v) is 7.26. The molecule has 0 bridgehead atoms. The van der Waals surface area contributed by atoms with Gasteiger partial charge in [0.1, 0.15) is 6.33 Å². The van der Waals surface area contributed by atoms with Crippen molar-refractivity contribution in [1.82, 2.24) is 30.0 Å². The molecule has 0 amide bonds. The Hall–Kier alpha value is -2.91. The first kappa shape index (κ1) is 26.3. The van der Waals surface area contributed by atoms with Gasteiger partial charge in [0.25, 0.3) is 0 Å². The predicted octanol–water partition coefficient (Wildman–Crippen LogP) is 4.79. The maximum Gasteiger partial charge on any atom is 0.143 e. The summed E-state index contributed by atoms with van der Waals surface area (Å²) >= 11 is 1.81. The predicted molar refractivity (Wildman–Crippen MR) is 155 cm³/mol. The van der Waals surface area contributed by atoms with Crippen LogP contribution >= 0.6 is 11.3 Å². The topological polar surface area (TPSA) is 70.3 Å². The summed E-state index contributed by atoms with van der Waals surface area (Å²) in [6.07, 6.45) is 6.03. The number of thiophene rings is 1. The van der Waals surface area contributed by atoms with Crippen LogP contribution in [0.3, 0.4) is 0 Å². The van der Waals surface area contributed by atoms with Gasteiger partial charge in [-0.1, -0.05) is 48.5 Å². The standard InChI is InChI=1S/C31H38N6OS/c38-31(13-6-10-26-9-4-5-11-30(26)37-24-32-33-34-37)14-16-35(17-15-31)20-28-21-36(19-25-7-2-1-3-8-25)22-29(28)27-12-18-39-23-27/h1-5,7-9,11-12,18,23-24,28-29,38H,6,10,13-17,19-22H2. The zero-order valence-corrected chi connectivity index (χ0v) is 23.3. The Labute approximate surface area is 235 Å². The number of hydrogen-bond donors (Lipinski definition) is 1. The number of rotatable bonds is 10. The molecule has 0 radical (unpaired) electrons. The highest BCUT2D eigenvalue weighted by molar-refractivity contribution is 7.08. The Kier molecular flexibility index (Phi) is 8.16. The van der Waals surface area contributed by atoms with Crippen LogP contribution in [-0.2, 0) is 13.0 Å². The first-order valence-electron chi connectivity index (χ1n) is 14.2. The van der Waals surface area contributed by atoms with Gasteiger partial charge in [-0.15, -0.1) is 5.10 Å². The summed E-state index contributed by atoms with van der Waals surface area (Å²) in [7, 11) is 0. The molecule has 2 aromatic heterocycles. The lowest BCUT2D eigenvalue weighted by Gasteiger charge is -2.39. The molecule has 2 saturated heterocycles. The Bertz CT molecular complexity index is 1290. The van der Waals surface area contributed by atoms with E-state index in [2.05, 4.69) is 84.6 Å². The molecule has 39 heavy (non-hydrogen) atoms. The monoisotopic (exact) mass is 542 g/mol. The second-order valence-corrected chi connectivity index (χ2v) is 12.1. The number of piperidine rings is 1. The Morgan fingerprint density at radius 3 is 2.54 bits per heavy atom. The molecule has 2 aliphatic heterocycles. The van der Waals surface area contributed by atoms with Crippen LogP contribution in [0, 0.1) is 5.92 Å². The van der Waals surface area contributed by atoms with Crippen molar-refractivity contribution in [3.05, 3.63) is 94.4 Å². The van der Waals surface area contributed by atoms with Crippen LogP contribution in [0.5, 0.6) is 0 Å². The van der Waals surface area contributed by atoms with Gasteiger partial charge in [0.2, 0.25) is 0 Å². The van der Waals surface area contributed by atoms with Gasteiger partial charge in [-0.25, -0.2) is 4.68 Å². The number of aryl methyl sites for hydroxylation is 1. The summed E-state index contributed by atoms with van der Waals surface area (Å²) in [4.78, 5) is 5.24. The normalized spacial score (nSPS) is 21.9. The summed E-state index contributed by atoms with van der Waals surface area (Å²) in [5.41, 5.74) is 4.55. The second kappa shape index (κ2) is 12.1. The molecule has 2 aliphatic rings. The van der Waals surface area contributed by atoms with Gasteiger partial charge >= 0.3 is 0 Å². The number of likely N-dealkylation sites (tertiary alicyclic amines) is 2. The average molecular weight is 543 g/mol. The molecular formula is C31H38N6OS. The van der Waals surface area contributed by atoms with E-state index >= 15 is 0 Å². The minimum Gasteiger partial charge on any atom is -0.390 e. The van der Waals surface area contributed by atoms with Crippen molar-refractivity contribution >= 4 is 11.3 Å². The minimum absolute atomic E-state index is 0.567. The summed E-state index contributed by atoms with van der Waals surface area (Å²) < 4.78 is 1.72. The molecule has 1 N–H and O–H groups in total. The fraction of sp³-hybridized carbons (Fsp3) is 0.452. The van der Waals surface area contributed by atoms with Crippen LogP contribution in [0.1, 0.15) is 48.3 Å². The van der Waals surface area contributed by atoms with E-state index in [9.17, 15) is 5.11 Å². The lowest BCUT2D eigenvalue weighted by Crippen LogP contribution is -2.46. The van der Waals surface area contributed by atoms with E-state index in [0.29, 0.717) is 11.8 Å². The second-order valence-electron chi connectivity index (χ2n) is 11.4. The number of nitrogens with zero attached hydrogens (tertiary/aromatic N) is 6. The molecule has 2 atom stereocenters. The first-order valence-corrected chi connectivity index (χ1v) is 15.1. The molecular weight excluding hydrogens is 504 g/mol. The lowest BCUT2D eigenvalue weighted by molar-refractivity contribution is -0.0316. The molecule has 0 aliphatic carbocycles. The first-order chi connectivity index (χ1) is 19.2. The zero-order chi connectivity index (χ0) is 26.5. The average Bonchev–Trinajstić information content (AvgIpc) is 3.74. The quantitative estimate of drug-likeness (QED) is 0.311. The van der Waals surface area contributed by atoms with E-state index in [-0.39, 0.29) is 0 Å². The van der Waals surface area contributed by atoms with Gasteiger partial charge in [-0.05, 0) is 88.0 Å². The van der Waals surface area contributed by atoms with Crippen molar-refractivity contribution in [3.63, 3.8) is 0 Å². The van der Waals surface area contributed by atoms with Crippen LogP contribution in [0.25, 0.3) is 5.69 Å². The van der Waals surface area contributed by atoms with Crippen LogP contribution in [0.4, 0.5) is 0 Å². The highest BCUT2D eigenvalue weighted by Crippen LogP contribution is 2.36. The molecule has 4 aromatic rings. The number of tetrazole rings is 1. The third-order valence-electron chi connectivity index (χ3n) is 8.69. The Morgan fingerprint density at radius 1 is 0.949 bits per heavy atom. The minimum atomic E-state index is -0.567. The van der Waals surface area contributed by atoms with Crippen molar-refractivity contribution in [2.45, 2.75) is 50.2 Å². The number of aromatic nitrogens is 4. The van der Waals surface area contributed by atoms with E-state index in [0.717, 1.165) is 77.1 Å². The molecule has 7 nitrogen and oxygen atoms in total. The molecule has 8 heteroatoms. The van der Waals surface area contributed by atoms with Crippen LogP contribution < -0.4 is 0 Å². The maximum absolute atomic E-state index is 11.4. The molecule has 6 rings (SSSR count). The molecule has 2 fully saturated rings. The zero-order valence-electron chi connectivity index (χ0n) is 22.5. The number of benzene rings is 2. The van der Waals surface area contributed by atoms with Crippen molar-refractivity contribution in [2.24, 2.45) is 5.92 Å². The van der Waals surface area contributed by atoms with E-state index in [1.807, 2.05) is 23.5 Å². The molecule has 4 heterocycles. The van der Waals surface area contributed by atoms with Gasteiger partial charge in [0.15, 0.2) is 0 Å². The summed E-state index contributed by atoms with van der Waals surface area (Å²) in [5, 5.41) is 27.6. The molecule has 204 valence electrons. The third kappa shape index (κ3) is 6.47. The van der Waals surface area contributed by atoms with Gasteiger partial charge < -0.3 is 10.0 Å². The van der Waals surface area contributed by atoms with Crippen molar-refractivity contribution in [1.29, 1.82) is 0 Å². The lowest BCUT2D eigenvalue weighted by atomic mass is 9.84. The molecule has 2 unspecified atom stereocenters. The molecule has 0 saturated carbocycles. The summed E-state index contributed by atoms with van der Waals surface area (Å²) in [6.45, 7) is 6.35. The van der Waals surface area contributed by atoms with Crippen LogP contribution in [0.15, 0.2) is 77.8 Å². The SMILES string of the molecule is OC1(CCCc2ccccc2-n2cnnn2)CCN(CC2CN(Cc3ccccc3)CC2c2ccsc2)CC1. The van der Waals surface area contributed by atoms with E-state index in [4.69, 9.17) is 0 Å². The Balaban J connectivity index is 1.02. The van der Waals surface area contributed by atoms with E-state index in [1.54, 1.807) is 11.0 Å². The number of aliphatic hydroxyl groups is 1. The van der Waals surface area contributed by atoms with E-state index < -0.39 is 5.60 Å². The highest BCUT2D eigenvalue weighted by Gasteiger charge is 2.37. The molecule has 0 spiro atoms. The van der Waals surface area contributed by atoms with Crippen LogP contribution in [0.2, 0.25) is 0 Å². The highest BCUT2D eigenvalue weighted by atomic mass is 32.1. The third-order valence-corrected chi connectivity index (χ3v) is 9.39. The largest absolute Gasteiger partial charge is 0.390 e. The molecule has 2 aromatic carbocycles. The Morgan fingerprint density at radius 2 is 1.77 bits per heavy atom. The van der Waals surface area contributed by atoms with Crippen LogP contribution in [-0.4, -0.2) is 73.4 Å². The fourth-order valence-electron chi connectivity index (χ4n) is 6.54. The summed E-state index contributed by atoms with van der Waals surface area (Å²) in [6, 6.07) is 21.4. The van der Waals surface area contributed by atoms with Crippen molar-refractivity contribution < 1.29 is 5.11 Å².